The van der Waals surface area contributed by atoms with E-state index in [2.05, 4.69) is 51.2 Å². The van der Waals surface area contributed by atoms with Gasteiger partial charge in [-0.1, -0.05) is 42.5 Å². The van der Waals surface area contributed by atoms with Crippen molar-refractivity contribution >= 4 is 22.4 Å². The molecule has 5 nitrogen and oxygen atoms in total. The summed E-state index contributed by atoms with van der Waals surface area (Å²) in [7, 11) is 0. The number of nitrogens with zero attached hydrogens (tertiary/aromatic N) is 4. The molecule has 26 heavy (non-hydrogen) atoms. The number of piperazine rings is 1. The molecule has 3 heterocycles. The fraction of sp³-hybridized carbons (Fsp3) is 0.300. The number of fused-ring (bicyclic) bond motifs is 1. The standard InChI is InChI=1S/C20H22N4OS/c25-19-15-18(21-20-24(19)13-14-26-20)16-23-11-9-22(10-12-23)8-4-7-17-5-2-1-3-6-17/h1-7,13-15H,8-12,16H2. The molecule has 0 amide bonds. The molecule has 0 spiro atoms. The maximum atomic E-state index is 12.1. The predicted octanol–water partition coefficient (Wildman–Crippen LogP) is 2.59. The SMILES string of the molecule is O=c1cc(CN2CCN(CC=Cc3ccccc3)CC2)nc2sccn12. The van der Waals surface area contributed by atoms with E-state index in [1.165, 1.54) is 16.9 Å². The Morgan fingerprint density at radius 3 is 2.65 bits per heavy atom. The maximum absolute atomic E-state index is 12.1. The van der Waals surface area contributed by atoms with Gasteiger partial charge in [0.1, 0.15) is 0 Å². The van der Waals surface area contributed by atoms with Crippen LogP contribution in [-0.4, -0.2) is 51.9 Å². The molecule has 6 heteroatoms. The monoisotopic (exact) mass is 366 g/mol. The highest BCUT2D eigenvalue weighted by Gasteiger charge is 2.17. The molecular formula is C20H22N4OS. The van der Waals surface area contributed by atoms with Crippen LogP contribution < -0.4 is 5.56 Å². The highest BCUT2D eigenvalue weighted by Crippen LogP contribution is 2.10. The minimum absolute atomic E-state index is 0.0101. The van der Waals surface area contributed by atoms with Crippen LogP contribution in [0.25, 0.3) is 11.0 Å². The van der Waals surface area contributed by atoms with Crippen molar-refractivity contribution in [1.29, 1.82) is 0 Å². The average Bonchev–Trinajstić information content (AvgIpc) is 3.13. The molecule has 1 aliphatic heterocycles. The lowest BCUT2D eigenvalue weighted by atomic mass is 10.2. The van der Waals surface area contributed by atoms with Gasteiger partial charge < -0.3 is 0 Å². The summed E-state index contributed by atoms with van der Waals surface area (Å²) in [6, 6.07) is 12.1. The zero-order chi connectivity index (χ0) is 17.8. The maximum Gasteiger partial charge on any atom is 0.258 e. The van der Waals surface area contributed by atoms with Gasteiger partial charge in [-0.05, 0) is 5.56 Å². The van der Waals surface area contributed by atoms with Gasteiger partial charge in [-0.2, -0.15) is 0 Å². The first-order valence-corrected chi connectivity index (χ1v) is 9.78. The van der Waals surface area contributed by atoms with Gasteiger partial charge in [0.2, 0.25) is 0 Å². The van der Waals surface area contributed by atoms with E-state index < -0.39 is 0 Å². The average molecular weight is 366 g/mol. The molecule has 134 valence electrons. The van der Waals surface area contributed by atoms with Crippen LogP contribution in [0.5, 0.6) is 0 Å². The van der Waals surface area contributed by atoms with Gasteiger partial charge in [-0.3, -0.25) is 19.0 Å². The predicted molar refractivity (Wildman–Crippen MR) is 107 cm³/mol. The van der Waals surface area contributed by atoms with Crippen LogP contribution in [0, 0.1) is 0 Å². The number of aromatic nitrogens is 2. The van der Waals surface area contributed by atoms with Crippen molar-refractivity contribution in [2.24, 2.45) is 0 Å². The Morgan fingerprint density at radius 1 is 1.08 bits per heavy atom. The summed E-state index contributed by atoms with van der Waals surface area (Å²) >= 11 is 1.50. The first kappa shape index (κ1) is 17.1. The summed E-state index contributed by atoms with van der Waals surface area (Å²) < 4.78 is 1.60. The van der Waals surface area contributed by atoms with Crippen molar-refractivity contribution in [2.75, 3.05) is 32.7 Å². The van der Waals surface area contributed by atoms with E-state index in [1.54, 1.807) is 16.7 Å². The van der Waals surface area contributed by atoms with Crippen molar-refractivity contribution in [3.8, 4) is 0 Å². The molecule has 0 bridgehead atoms. The Hall–Kier alpha value is -2.28. The van der Waals surface area contributed by atoms with E-state index in [1.807, 2.05) is 11.4 Å². The van der Waals surface area contributed by atoms with Crippen LogP contribution >= 0.6 is 11.3 Å². The third-order valence-electron chi connectivity index (χ3n) is 4.68. The smallest absolute Gasteiger partial charge is 0.258 e. The van der Waals surface area contributed by atoms with Crippen molar-refractivity contribution in [2.45, 2.75) is 6.54 Å². The summed E-state index contributed by atoms with van der Waals surface area (Å²) in [5.74, 6) is 0. The van der Waals surface area contributed by atoms with Gasteiger partial charge in [0, 0.05) is 56.9 Å². The lowest BCUT2D eigenvalue weighted by molar-refractivity contribution is 0.136. The van der Waals surface area contributed by atoms with E-state index >= 15 is 0 Å². The highest BCUT2D eigenvalue weighted by atomic mass is 32.1. The van der Waals surface area contributed by atoms with Gasteiger partial charge >= 0.3 is 0 Å². The molecule has 4 rings (SSSR count). The first-order chi connectivity index (χ1) is 12.8. The summed E-state index contributed by atoms with van der Waals surface area (Å²) in [6.07, 6.45) is 6.19. The molecular weight excluding hydrogens is 344 g/mol. The zero-order valence-electron chi connectivity index (χ0n) is 14.6. The van der Waals surface area contributed by atoms with Gasteiger partial charge in [0.25, 0.3) is 5.56 Å². The second-order valence-corrected chi connectivity index (χ2v) is 7.40. The van der Waals surface area contributed by atoms with Gasteiger partial charge in [0.15, 0.2) is 4.96 Å². The number of rotatable bonds is 5. The fourth-order valence-electron chi connectivity index (χ4n) is 3.23. The molecule has 1 fully saturated rings. The normalized spacial score (nSPS) is 16.6. The molecule has 0 aliphatic carbocycles. The minimum Gasteiger partial charge on any atom is -0.297 e. The van der Waals surface area contributed by atoms with Crippen LogP contribution in [0.15, 0.2) is 58.8 Å². The lowest BCUT2D eigenvalue weighted by Gasteiger charge is -2.33. The summed E-state index contributed by atoms with van der Waals surface area (Å²) in [5.41, 5.74) is 2.12. The molecule has 0 atom stereocenters. The Balaban J connectivity index is 1.29. The summed E-state index contributed by atoms with van der Waals surface area (Å²) in [6.45, 7) is 5.81. The molecule has 1 aliphatic rings. The largest absolute Gasteiger partial charge is 0.297 e. The molecule has 0 radical (unpaired) electrons. The molecule has 0 N–H and O–H groups in total. The number of thiazole rings is 1. The number of hydrogen-bond acceptors (Lipinski definition) is 5. The second kappa shape index (κ2) is 7.95. The Bertz CT molecular complexity index is 939. The van der Waals surface area contributed by atoms with Crippen LogP contribution in [0.2, 0.25) is 0 Å². The van der Waals surface area contributed by atoms with E-state index in [0.29, 0.717) is 0 Å². The van der Waals surface area contributed by atoms with Crippen molar-refractivity contribution in [3.63, 3.8) is 0 Å². The topological polar surface area (TPSA) is 40.9 Å². The third-order valence-corrected chi connectivity index (χ3v) is 5.44. The first-order valence-electron chi connectivity index (χ1n) is 8.90. The van der Waals surface area contributed by atoms with Crippen LogP contribution in [0.1, 0.15) is 11.3 Å². The molecule has 0 saturated carbocycles. The lowest BCUT2D eigenvalue weighted by Crippen LogP contribution is -2.46. The zero-order valence-corrected chi connectivity index (χ0v) is 15.4. The van der Waals surface area contributed by atoms with E-state index in [0.717, 1.165) is 49.9 Å². The van der Waals surface area contributed by atoms with E-state index in [9.17, 15) is 4.79 Å². The molecule has 0 unspecified atom stereocenters. The minimum atomic E-state index is 0.0101. The van der Waals surface area contributed by atoms with E-state index in [-0.39, 0.29) is 5.56 Å². The van der Waals surface area contributed by atoms with Gasteiger partial charge in [-0.25, -0.2) is 4.98 Å². The van der Waals surface area contributed by atoms with Gasteiger partial charge in [0.05, 0.1) is 5.69 Å². The molecule has 1 saturated heterocycles. The Morgan fingerprint density at radius 2 is 1.85 bits per heavy atom. The Kier molecular flexibility index (Phi) is 5.24. The molecule has 3 aromatic rings. The van der Waals surface area contributed by atoms with E-state index in [4.69, 9.17) is 0 Å². The third kappa shape index (κ3) is 4.09. The fourth-order valence-corrected chi connectivity index (χ4v) is 3.97. The number of benzene rings is 1. The van der Waals surface area contributed by atoms with Crippen molar-refractivity contribution in [3.05, 3.63) is 75.7 Å². The quantitative estimate of drug-likeness (QED) is 0.696. The molecule has 2 aromatic heterocycles. The summed E-state index contributed by atoms with van der Waals surface area (Å²) in [5, 5.41) is 1.90. The second-order valence-electron chi connectivity index (χ2n) is 6.53. The van der Waals surface area contributed by atoms with Crippen LogP contribution in [-0.2, 0) is 6.54 Å². The van der Waals surface area contributed by atoms with Gasteiger partial charge in [-0.15, -0.1) is 11.3 Å². The number of hydrogen-bond donors (Lipinski definition) is 0. The van der Waals surface area contributed by atoms with Crippen LogP contribution in [0.4, 0.5) is 0 Å². The summed E-state index contributed by atoms with van der Waals surface area (Å²) in [4.78, 5) is 22.3. The van der Waals surface area contributed by atoms with Crippen molar-refractivity contribution < 1.29 is 0 Å². The highest BCUT2D eigenvalue weighted by molar-refractivity contribution is 7.15. The van der Waals surface area contributed by atoms with Crippen LogP contribution in [0.3, 0.4) is 0 Å². The molecule has 1 aromatic carbocycles. The van der Waals surface area contributed by atoms with Crippen molar-refractivity contribution in [1.82, 2.24) is 19.2 Å². The Labute approximate surface area is 156 Å².